The maximum atomic E-state index is 11.5. The zero-order chi connectivity index (χ0) is 12.9. The van der Waals surface area contributed by atoms with Crippen molar-refractivity contribution in [3.63, 3.8) is 0 Å². The number of carbonyl (C=O) groups is 1. The van der Waals surface area contributed by atoms with Crippen molar-refractivity contribution < 1.29 is 4.79 Å². The number of amides is 1. The molecule has 0 aliphatic carbocycles. The van der Waals surface area contributed by atoms with Crippen LogP contribution in [0.15, 0.2) is 30.3 Å². The van der Waals surface area contributed by atoms with Crippen molar-refractivity contribution in [2.24, 2.45) is 5.73 Å². The second-order valence-electron chi connectivity index (χ2n) is 4.73. The fraction of sp³-hybridized carbons (Fsp3) is 0.462. The van der Waals surface area contributed by atoms with Gasteiger partial charge in [-0.25, -0.2) is 0 Å². The molecular weight excluding hydrogens is 214 g/mol. The van der Waals surface area contributed by atoms with Crippen molar-refractivity contribution in [2.45, 2.75) is 19.4 Å². The molecule has 0 saturated carbocycles. The summed E-state index contributed by atoms with van der Waals surface area (Å²) in [6.07, 6.45) is 0. The first-order valence-corrected chi connectivity index (χ1v) is 5.74. The third kappa shape index (κ3) is 4.44. The number of benzene rings is 1. The van der Waals surface area contributed by atoms with Gasteiger partial charge >= 0.3 is 0 Å². The SMILES string of the molecule is CN(CCNC(=O)C(C)(C)N)c1ccccc1. The van der Waals surface area contributed by atoms with Gasteiger partial charge in [0.05, 0.1) is 5.54 Å². The molecule has 4 nitrogen and oxygen atoms in total. The number of likely N-dealkylation sites (N-methyl/N-ethyl adjacent to an activating group) is 1. The van der Waals surface area contributed by atoms with Crippen LogP contribution in [0.25, 0.3) is 0 Å². The first-order chi connectivity index (χ1) is 7.91. The van der Waals surface area contributed by atoms with E-state index in [9.17, 15) is 4.79 Å². The lowest BCUT2D eigenvalue weighted by molar-refractivity contribution is -0.125. The van der Waals surface area contributed by atoms with Crippen LogP contribution in [-0.2, 0) is 4.79 Å². The zero-order valence-corrected chi connectivity index (χ0v) is 10.7. The highest BCUT2D eigenvalue weighted by Gasteiger charge is 2.20. The number of hydrogen-bond donors (Lipinski definition) is 2. The minimum absolute atomic E-state index is 0.126. The Hall–Kier alpha value is -1.55. The lowest BCUT2D eigenvalue weighted by Gasteiger charge is -2.22. The summed E-state index contributed by atoms with van der Waals surface area (Å²) in [6.45, 7) is 4.74. The van der Waals surface area contributed by atoms with E-state index in [0.29, 0.717) is 6.54 Å². The van der Waals surface area contributed by atoms with Gasteiger partial charge in [0.25, 0.3) is 0 Å². The molecule has 94 valence electrons. The lowest BCUT2D eigenvalue weighted by atomic mass is 10.1. The molecule has 0 fully saturated rings. The molecule has 0 aromatic heterocycles. The molecule has 0 heterocycles. The summed E-state index contributed by atoms with van der Waals surface area (Å²) >= 11 is 0. The van der Waals surface area contributed by atoms with E-state index in [4.69, 9.17) is 5.73 Å². The molecule has 0 unspecified atom stereocenters. The Morgan fingerprint density at radius 2 is 1.94 bits per heavy atom. The number of rotatable bonds is 5. The molecule has 0 spiro atoms. The highest BCUT2D eigenvalue weighted by molar-refractivity contribution is 5.85. The highest BCUT2D eigenvalue weighted by atomic mass is 16.2. The Morgan fingerprint density at radius 1 is 1.35 bits per heavy atom. The van der Waals surface area contributed by atoms with E-state index in [-0.39, 0.29) is 5.91 Å². The molecule has 0 aliphatic heterocycles. The van der Waals surface area contributed by atoms with Gasteiger partial charge in [-0.2, -0.15) is 0 Å². The van der Waals surface area contributed by atoms with Gasteiger partial charge in [-0.15, -0.1) is 0 Å². The number of anilines is 1. The second-order valence-corrected chi connectivity index (χ2v) is 4.73. The van der Waals surface area contributed by atoms with Gasteiger partial charge in [0, 0.05) is 25.8 Å². The molecule has 1 aromatic carbocycles. The molecule has 0 aliphatic rings. The Labute approximate surface area is 103 Å². The Balaban J connectivity index is 2.35. The minimum Gasteiger partial charge on any atom is -0.373 e. The van der Waals surface area contributed by atoms with Gasteiger partial charge in [0.2, 0.25) is 5.91 Å². The van der Waals surface area contributed by atoms with Gasteiger partial charge in [-0.05, 0) is 26.0 Å². The molecule has 17 heavy (non-hydrogen) atoms. The van der Waals surface area contributed by atoms with E-state index in [0.717, 1.165) is 12.2 Å². The summed E-state index contributed by atoms with van der Waals surface area (Å²) in [5, 5.41) is 2.82. The predicted molar refractivity (Wildman–Crippen MR) is 71.0 cm³/mol. The van der Waals surface area contributed by atoms with Crippen LogP contribution in [0.5, 0.6) is 0 Å². The Morgan fingerprint density at radius 3 is 2.47 bits per heavy atom. The third-order valence-electron chi connectivity index (χ3n) is 2.51. The Bertz CT molecular complexity index is 357. The van der Waals surface area contributed by atoms with Crippen LogP contribution in [0.4, 0.5) is 5.69 Å². The first-order valence-electron chi connectivity index (χ1n) is 5.74. The zero-order valence-electron chi connectivity index (χ0n) is 10.7. The Kier molecular flexibility index (Phi) is 4.52. The molecule has 3 N–H and O–H groups in total. The fourth-order valence-corrected chi connectivity index (χ4v) is 1.38. The summed E-state index contributed by atoms with van der Waals surface area (Å²) < 4.78 is 0. The molecule has 0 atom stereocenters. The molecule has 0 radical (unpaired) electrons. The van der Waals surface area contributed by atoms with Crippen LogP contribution in [0.2, 0.25) is 0 Å². The number of para-hydroxylation sites is 1. The van der Waals surface area contributed by atoms with E-state index in [1.807, 2.05) is 37.4 Å². The maximum Gasteiger partial charge on any atom is 0.239 e. The standard InChI is InChI=1S/C13H21N3O/c1-13(2,14)12(17)15-9-10-16(3)11-7-5-4-6-8-11/h4-8H,9-10,14H2,1-3H3,(H,15,17). The summed E-state index contributed by atoms with van der Waals surface area (Å²) in [6, 6.07) is 10.0. The largest absolute Gasteiger partial charge is 0.373 e. The van der Waals surface area contributed by atoms with Crippen LogP contribution >= 0.6 is 0 Å². The number of carbonyl (C=O) groups excluding carboxylic acids is 1. The second kappa shape index (κ2) is 5.68. The van der Waals surface area contributed by atoms with Crippen LogP contribution in [0, 0.1) is 0 Å². The third-order valence-corrected chi connectivity index (χ3v) is 2.51. The van der Waals surface area contributed by atoms with E-state index >= 15 is 0 Å². The number of nitrogens with one attached hydrogen (secondary N) is 1. The first kappa shape index (κ1) is 13.5. The molecule has 4 heteroatoms. The van der Waals surface area contributed by atoms with Crippen molar-refractivity contribution in [1.82, 2.24) is 5.32 Å². The number of hydrogen-bond acceptors (Lipinski definition) is 3. The van der Waals surface area contributed by atoms with Crippen LogP contribution in [-0.4, -0.2) is 31.6 Å². The molecule has 0 saturated heterocycles. The minimum atomic E-state index is -0.814. The fourth-order valence-electron chi connectivity index (χ4n) is 1.38. The smallest absolute Gasteiger partial charge is 0.239 e. The van der Waals surface area contributed by atoms with Crippen molar-refractivity contribution in [2.75, 3.05) is 25.0 Å². The van der Waals surface area contributed by atoms with Gasteiger partial charge in [-0.1, -0.05) is 18.2 Å². The molecule has 1 rings (SSSR count). The van der Waals surface area contributed by atoms with Crippen molar-refractivity contribution >= 4 is 11.6 Å². The summed E-state index contributed by atoms with van der Waals surface area (Å²) in [7, 11) is 2.00. The molecular formula is C13H21N3O. The topological polar surface area (TPSA) is 58.4 Å². The van der Waals surface area contributed by atoms with Crippen LogP contribution < -0.4 is 16.0 Å². The summed E-state index contributed by atoms with van der Waals surface area (Å²) in [5.74, 6) is -0.126. The van der Waals surface area contributed by atoms with Crippen LogP contribution in [0.1, 0.15) is 13.8 Å². The lowest BCUT2D eigenvalue weighted by Crippen LogP contribution is -2.50. The van der Waals surface area contributed by atoms with E-state index in [1.54, 1.807) is 13.8 Å². The quantitative estimate of drug-likeness (QED) is 0.799. The average molecular weight is 235 g/mol. The maximum absolute atomic E-state index is 11.5. The van der Waals surface area contributed by atoms with Gasteiger partial charge in [-0.3, -0.25) is 4.79 Å². The number of nitrogens with two attached hydrogens (primary N) is 1. The summed E-state index contributed by atoms with van der Waals surface area (Å²) in [4.78, 5) is 13.6. The molecule has 1 aromatic rings. The van der Waals surface area contributed by atoms with Crippen molar-refractivity contribution in [3.8, 4) is 0 Å². The van der Waals surface area contributed by atoms with E-state index in [2.05, 4.69) is 10.2 Å². The normalized spacial score (nSPS) is 11.1. The molecule has 1 amide bonds. The monoisotopic (exact) mass is 235 g/mol. The van der Waals surface area contributed by atoms with E-state index < -0.39 is 5.54 Å². The molecule has 0 bridgehead atoms. The van der Waals surface area contributed by atoms with Gasteiger partial charge in [0.1, 0.15) is 0 Å². The van der Waals surface area contributed by atoms with Crippen molar-refractivity contribution in [1.29, 1.82) is 0 Å². The van der Waals surface area contributed by atoms with Crippen LogP contribution in [0.3, 0.4) is 0 Å². The number of nitrogens with zero attached hydrogens (tertiary/aromatic N) is 1. The van der Waals surface area contributed by atoms with Crippen molar-refractivity contribution in [3.05, 3.63) is 30.3 Å². The van der Waals surface area contributed by atoms with E-state index in [1.165, 1.54) is 0 Å². The van der Waals surface area contributed by atoms with Gasteiger partial charge in [0.15, 0.2) is 0 Å². The summed E-state index contributed by atoms with van der Waals surface area (Å²) in [5.41, 5.74) is 6.00. The van der Waals surface area contributed by atoms with Gasteiger partial charge < -0.3 is 16.0 Å². The predicted octanol–water partition coefficient (Wildman–Crippen LogP) is 0.976. The highest BCUT2D eigenvalue weighted by Crippen LogP contribution is 2.09. The average Bonchev–Trinajstić information content (AvgIpc) is 2.28.